The van der Waals surface area contributed by atoms with Crippen molar-refractivity contribution in [2.24, 2.45) is 0 Å². The molecule has 116 valence electrons. The molecule has 23 heavy (non-hydrogen) atoms. The second-order valence-corrected chi connectivity index (χ2v) is 4.42. The molecule has 0 aliphatic heterocycles. The van der Waals surface area contributed by atoms with Crippen LogP contribution in [0.5, 0.6) is 5.88 Å². The summed E-state index contributed by atoms with van der Waals surface area (Å²) in [5, 5.41) is 3.93. The molecule has 0 atom stereocenters. The number of nitrogens with zero attached hydrogens (tertiary/aromatic N) is 4. The summed E-state index contributed by atoms with van der Waals surface area (Å²) < 4.78 is 15.1. The van der Waals surface area contributed by atoms with Crippen molar-refractivity contribution in [1.29, 1.82) is 0 Å². The number of pyridine rings is 1. The molecule has 0 unspecified atom stereocenters. The molecule has 0 aliphatic carbocycles. The van der Waals surface area contributed by atoms with Crippen LogP contribution in [-0.2, 0) is 11.3 Å². The number of methoxy groups -OCH3 is 1. The van der Waals surface area contributed by atoms with Crippen molar-refractivity contribution < 1.29 is 18.8 Å². The number of hydrogen-bond donors (Lipinski definition) is 0. The zero-order valence-corrected chi connectivity index (χ0v) is 12.2. The maximum absolute atomic E-state index is 11.3. The molecule has 0 aliphatic rings. The van der Waals surface area contributed by atoms with E-state index >= 15 is 0 Å². The van der Waals surface area contributed by atoms with Crippen LogP contribution in [0.25, 0.3) is 11.4 Å². The van der Waals surface area contributed by atoms with Gasteiger partial charge in [0.15, 0.2) is 5.69 Å². The van der Waals surface area contributed by atoms with Crippen molar-refractivity contribution in [3.8, 4) is 17.3 Å². The number of esters is 1. The highest BCUT2D eigenvalue weighted by atomic mass is 16.5. The molecule has 3 aromatic heterocycles. The quantitative estimate of drug-likeness (QED) is 0.658. The average Bonchev–Trinajstić information content (AvgIpc) is 3.09. The van der Waals surface area contributed by atoms with Gasteiger partial charge in [-0.2, -0.15) is 0 Å². The van der Waals surface area contributed by atoms with Crippen LogP contribution in [0.1, 0.15) is 16.1 Å². The van der Waals surface area contributed by atoms with E-state index in [0.717, 1.165) is 5.56 Å². The Bertz CT molecular complexity index is 787. The Morgan fingerprint density at radius 3 is 2.83 bits per heavy atom. The Kier molecular flexibility index (Phi) is 4.23. The Morgan fingerprint density at radius 2 is 2.13 bits per heavy atom. The molecule has 0 bridgehead atoms. The number of carbonyl (C=O) groups excluding carboxylic acids is 1. The van der Waals surface area contributed by atoms with Crippen LogP contribution in [0.15, 0.2) is 47.6 Å². The van der Waals surface area contributed by atoms with Gasteiger partial charge in [-0.3, -0.25) is 4.98 Å². The van der Waals surface area contributed by atoms with Gasteiger partial charge in [0.25, 0.3) is 0 Å². The average molecular weight is 312 g/mol. The van der Waals surface area contributed by atoms with E-state index in [1.54, 1.807) is 6.20 Å². The van der Waals surface area contributed by atoms with Gasteiger partial charge >= 0.3 is 5.97 Å². The Labute approximate surface area is 131 Å². The van der Waals surface area contributed by atoms with Gasteiger partial charge in [0, 0.05) is 6.20 Å². The van der Waals surface area contributed by atoms with E-state index in [-0.39, 0.29) is 18.2 Å². The van der Waals surface area contributed by atoms with E-state index in [1.165, 1.54) is 25.8 Å². The van der Waals surface area contributed by atoms with Crippen LogP contribution in [0.4, 0.5) is 0 Å². The van der Waals surface area contributed by atoms with Crippen LogP contribution >= 0.6 is 0 Å². The number of carbonyl (C=O) groups is 1. The van der Waals surface area contributed by atoms with Crippen molar-refractivity contribution in [2.75, 3.05) is 7.11 Å². The molecule has 0 N–H and O–H groups in total. The van der Waals surface area contributed by atoms with E-state index in [9.17, 15) is 4.79 Å². The molecule has 3 aromatic rings. The van der Waals surface area contributed by atoms with Gasteiger partial charge in [0.1, 0.15) is 18.6 Å². The Morgan fingerprint density at radius 1 is 1.22 bits per heavy atom. The predicted octanol–water partition coefficient (Wildman–Crippen LogP) is 1.89. The van der Waals surface area contributed by atoms with Gasteiger partial charge in [-0.1, -0.05) is 11.2 Å². The van der Waals surface area contributed by atoms with Crippen LogP contribution in [0, 0.1) is 0 Å². The summed E-state index contributed by atoms with van der Waals surface area (Å²) >= 11 is 0. The van der Waals surface area contributed by atoms with Gasteiger partial charge in [-0.15, -0.1) is 0 Å². The fourth-order valence-corrected chi connectivity index (χ4v) is 1.83. The molecule has 8 nitrogen and oxygen atoms in total. The van der Waals surface area contributed by atoms with Gasteiger partial charge in [0.05, 0.1) is 30.8 Å². The van der Waals surface area contributed by atoms with E-state index in [2.05, 4.69) is 24.8 Å². The van der Waals surface area contributed by atoms with Crippen molar-refractivity contribution in [1.82, 2.24) is 20.1 Å². The topological polar surface area (TPSA) is 100 Å². The lowest BCUT2D eigenvalue weighted by Crippen LogP contribution is -2.06. The van der Waals surface area contributed by atoms with E-state index in [0.29, 0.717) is 11.4 Å². The molecule has 0 saturated heterocycles. The zero-order valence-electron chi connectivity index (χ0n) is 12.2. The Hall–Kier alpha value is -3.29. The second kappa shape index (κ2) is 6.65. The van der Waals surface area contributed by atoms with E-state index in [1.807, 2.05) is 18.2 Å². The number of rotatable bonds is 5. The summed E-state index contributed by atoms with van der Waals surface area (Å²) in [7, 11) is 1.28. The first-order chi connectivity index (χ1) is 11.3. The van der Waals surface area contributed by atoms with Gasteiger partial charge in [-0.05, 0) is 12.1 Å². The molecule has 0 saturated carbocycles. The summed E-state index contributed by atoms with van der Waals surface area (Å²) in [6, 6.07) is 5.50. The van der Waals surface area contributed by atoms with Crippen LogP contribution in [0.3, 0.4) is 0 Å². The standard InChI is InChI=1S/C15H12N4O4/c1-21-15(20)12-6-18-13(7-17-12)22-8-10-9-23-19-14(10)11-4-2-3-5-16-11/h2-7,9H,8H2,1H3. The third-order valence-electron chi connectivity index (χ3n) is 2.95. The van der Waals surface area contributed by atoms with Gasteiger partial charge in [0.2, 0.25) is 5.88 Å². The lowest BCUT2D eigenvalue weighted by molar-refractivity contribution is 0.0593. The fourth-order valence-electron chi connectivity index (χ4n) is 1.83. The first kappa shape index (κ1) is 14.6. The number of hydrogen-bond acceptors (Lipinski definition) is 8. The van der Waals surface area contributed by atoms with E-state index < -0.39 is 5.97 Å². The SMILES string of the molecule is COC(=O)c1cnc(OCc2conc2-c2ccccn2)cn1. The summed E-state index contributed by atoms with van der Waals surface area (Å²) in [5.41, 5.74) is 2.12. The Balaban J connectivity index is 1.70. The first-order valence-corrected chi connectivity index (χ1v) is 6.65. The third kappa shape index (κ3) is 3.31. The third-order valence-corrected chi connectivity index (χ3v) is 2.95. The smallest absolute Gasteiger partial charge is 0.358 e. The minimum absolute atomic E-state index is 0.110. The van der Waals surface area contributed by atoms with Crippen molar-refractivity contribution in [2.45, 2.75) is 6.61 Å². The van der Waals surface area contributed by atoms with Crippen molar-refractivity contribution in [3.63, 3.8) is 0 Å². The van der Waals surface area contributed by atoms with Crippen molar-refractivity contribution >= 4 is 5.97 Å². The molecule has 0 spiro atoms. The summed E-state index contributed by atoms with van der Waals surface area (Å²) in [6.45, 7) is 0.182. The lowest BCUT2D eigenvalue weighted by Gasteiger charge is -2.04. The molecular formula is C15H12N4O4. The minimum atomic E-state index is -0.555. The molecule has 0 aromatic carbocycles. The minimum Gasteiger partial charge on any atom is -0.471 e. The number of ether oxygens (including phenoxy) is 2. The van der Waals surface area contributed by atoms with Crippen molar-refractivity contribution in [3.05, 3.63) is 54.3 Å². The van der Waals surface area contributed by atoms with Crippen LogP contribution in [-0.4, -0.2) is 33.2 Å². The maximum atomic E-state index is 11.3. The highest BCUT2D eigenvalue weighted by molar-refractivity contribution is 5.86. The maximum Gasteiger partial charge on any atom is 0.358 e. The predicted molar refractivity (Wildman–Crippen MR) is 77.4 cm³/mol. The summed E-state index contributed by atoms with van der Waals surface area (Å²) in [5.74, 6) is -0.286. The highest BCUT2D eigenvalue weighted by Crippen LogP contribution is 2.20. The van der Waals surface area contributed by atoms with Crippen LogP contribution < -0.4 is 4.74 Å². The second-order valence-electron chi connectivity index (χ2n) is 4.42. The van der Waals surface area contributed by atoms with Gasteiger partial charge < -0.3 is 14.0 Å². The normalized spacial score (nSPS) is 10.3. The monoisotopic (exact) mass is 312 g/mol. The zero-order chi connectivity index (χ0) is 16.1. The first-order valence-electron chi connectivity index (χ1n) is 6.65. The lowest BCUT2D eigenvalue weighted by atomic mass is 10.2. The molecule has 0 fully saturated rings. The van der Waals surface area contributed by atoms with E-state index in [4.69, 9.17) is 9.26 Å². The molecule has 0 amide bonds. The largest absolute Gasteiger partial charge is 0.471 e. The molecule has 8 heteroatoms. The fraction of sp³-hybridized carbons (Fsp3) is 0.133. The molecular weight excluding hydrogens is 300 g/mol. The van der Waals surface area contributed by atoms with Crippen LogP contribution in [0.2, 0.25) is 0 Å². The van der Waals surface area contributed by atoms with Gasteiger partial charge in [-0.25, -0.2) is 14.8 Å². The molecule has 3 rings (SSSR count). The highest BCUT2D eigenvalue weighted by Gasteiger charge is 2.13. The summed E-state index contributed by atoms with van der Waals surface area (Å²) in [4.78, 5) is 23.4. The number of aromatic nitrogens is 4. The molecule has 3 heterocycles. The molecule has 0 radical (unpaired) electrons. The summed E-state index contributed by atoms with van der Waals surface area (Å²) in [6.07, 6.45) is 5.79.